The van der Waals surface area contributed by atoms with Crippen molar-refractivity contribution in [2.75, 3.05) is 19.4 Å². The largest absolute Gasteiger partial charge is 0.378 e. The number of allylic oxidation sites excluding steroid dienone is 2. The third kappa shape index (κ3) is 2.39. The average Bonchev–Trinajstić information content (AvgIpc) is 3.10. The molecular formula is C20H21N3O. The van der Waals surface area contributed by atoms with Gasteiger partial charge in [-0.1, -0.05) is 18.2 Å². The molecule has 3 atom stereocenters. The highest BCUT2D eigenvalue weighted by atomic mass is 16.2. The Balaban J connectivity index is 1.75. The molecule has 2 aromatic rings. The van der Waals surface area contributed by atoms with Gasteiger partial charge in [-0.15, -0.1) is 0 Å². The molecule has 4 heteroatoms. The normalized spacial score (nSPS) is 24.0. The van der Waals surface area contributed by atoms with Gasteiger partial charge < -0.3 is 10.2 Å². The summed E-state index contributed by atoms with van der Waals surface area (Å²) in [5.41, 5.74) is 4.31. The van der Waals surface area contributed by atoms with Crippen LogP contribution in [-0.4, -0.2) is 29.9 Å². The highest BCUT2D eigenvalue weighted by Gasteiger charge is 2.38. The van der Waals surface area contributed by atoms with Crippen molar-refractivity contribution < 1.29 is 4.79 Å². The summed E-state index contributed by atoms with van der Waals surface area (Å²) in [6, 6.07) is 10.4. The zero-order valence-corrected chi connectivity index (χ0v) is 13.9. The number of nitrogens with zero attached hydrogens (tertiary/aromatic N) is 2. The van der Waals surface area contributed by atoms with E-state index in [2.05, 4.69) is 34.6 Å². The second-order valence-electron chi connectivity index (χ2n) is 6.76. The van der Waals surface area contributed by atoms with Gasteiger partial charge in [-0.2, -0.15) is 0 Å². The van der Waals surface area contributed by atoms with Crippen molar-refractivity contribution >= 4 is 11.6 Å². The topological polar surface area (TPSA) is 45.2 Å². The summed E-state index contributed by atoms with van der Waals surface area (Å²) in [5, 5.41) is 3.68. The number of hydrogen-bond donors (Lipinski definition) is 1. The summed E-state index contributed by atoms with van der Waals surface area (Å²) < 4.78 is 0. The van der Waals surface area contributed by atoms with Crippen LogP contribution in [-0.2, 0) is 0 Å². The molecule has 0 saturated heterocycles. The molecule has 0 bridgehead atoms. The Morgan fingerprint density at radius 2 is 2.17 bits per heavy atom. The highest BCUT2D eigenvalue weighted by molar-refractivity contribution is 5.94. The Hall–Kier alpha value is -2.62. The van der Waals surface area contributed by atoms with E-state index in [4.69, 9.17) is 0 Å². The monoisotopic (exact) mass is 319 g/mol. The van der Waals surface area contributed by atoms with Crippen molar-refractivity contribution in [3.8, 4) is 0 Å². The first-order valence-electron chi connectivity index (χ1n) is 8.34. The van der Waals surface area contributed by atoms with Gasteiger partial charge in [-0.25, -0.2) is 0 Å². The molecule has 0 saturated carbocycles. The summed E-state index contributed by atoms with van der Waals surface area (Å²) in [6.07, 6.45) is 9.35. The van der Waals surface area contributed by atoms with Crippen LogP contribution in [0.25, 0.3) is 0 Å². The van der Waals surface area contributed by atoms with Crippen LogP contribution in [0.2, 0.25) is 0 Å². The molecule has 4 nitrogen and oxygen atoms in total. The second-order valence-corrected chi connectivity index (χ2v) is 6.76. The number of fused-ring (bicyclic) bond motifs is 3. The number of benzene rings is 1. The van der Waals surface area contributed by atoms with E-state index in [1.807, 2.05) is 30.6 Å². The Morgan fingerprint density at radius 3 is 2.92 bits per heavy atom. The molecule has 1 N–H and O–H groups in total. The van der Waals surface area contributed by atoms with Crippen molar-refractivity contribution in [1.82, 2.24) is 9.88 Å². The molecule has 0 radical (unpaired) electrons. The van der Waals surface area contributed by atoms with Gasteiger partial charge in [-0.05, 0) is 47.7 Å². The Labute approximate surface area is 142 Å². The molecule has 3 unspecified atom stereocenters. The minimum Gasteiger partial charge on any atom is -0.378 e. The lowest BCUT2D eigenvalue weighted by Gasteiger charge is -2.37. The fourth-order valence-electron chi connectivity index (χ4n) is 3.88. The van der Waals surface area contributed by atoms with Gasteiger partial charge in [0.2, 0.25) is 0 Å². The maximum absolute atomic E-state index is 12.3. The van der Waals surface area contributed by atoms with E-state index < -0.39 is 0 Å². The molecule has 1 aliphatic carbocycles. The molecular weight excluding hydrogens is 298 g/mol. The molecule has 2 heterocycles. The van der Waals surface area contributed by atoms with Gasteiger partial charge in [0.05, 0.1) is 6.04 Å². The van der Waals surface area contributed by atoms with E-state index in [-0.39, 0.29) is 11.9 Å². The Kier molecular flexibility index (Phi) is 3.60. The Morgan fingerprint density at radius 1 is 1.29 bits per heavy atom. The zero-order chi connectivity index (χ0) is 16.7. The lowest BCUT2D eigenvalue weighted by atomic mass is 9.77. The number of pyridine rings is 1. The number of hydrogen-bond acceptors (Lipinski definition) is 3. The van der Waals surface area contributed by atoms with Crippen molar-refractivity contribution in [2.45, 2.75) is 18.4 Å². The number of nitrogens with one attached hydrogen (secondary N) is 1. The fraction of sp³-hybridized carbons (Fsp3) is 0.300. The number of anilines is 1. The molecule has 4 rings (SSSR count). The third-order valence-electron chi connectivity index (χ3n) is 5.06. The molecule has 1 aliphatic heterocycles. The van der Waals surface area contributed by atoms with Crippen molar-refractivity contribution in [3.05, 3.63) is 71.6 Å². The number of carbonyl (C=O) groups excluding carboxylic acids is 1. The van der Waals surface area contributed by atoms with E-state index in [0.29, 0.717) is 11.8 Å². The molecule has 2 aliphatic rings. The molecule has 0 fully saturated rings. The van der Waals surface area contributed by atoms with Gasteiger partial charge >= 0.3 is 0 Å². The van der Waals surface area contributed by atoms with E-state index in [1.165, 1.54) is 11.1 Å². The van der Waals surface area contributed by atoms with E-state index >= 15 is 0 Å². The van der Waals surface area contributed by atoms with Crippen LogP contribution in [0.5, 0.6) is 0 Å². The predicted molar refractivity (Wildman–Crippen MR) is 95.0 cm³/mol. The van der Waals surface area contributed by atoms with Gasteiger partial charge in [0, 0.05) is 43.7 Å². The minimum absolute atomic E-state index is 0.0470. The van der Waals surface area contributed by atoms with E-state index in [0.717, 1.165) is 17.7 Å². The lowest BCUT2D eigenvalue weighted by molar-refractivity contribution is 0.0827. The van der Waals surface area contributed by atoms with E-state index in [9.17, 15) is 4.79 Å². The molecule has 1 aromatic heterocycles. The summed E-state index contributed by atoms with van der Waals surface area (Å²) in [7, 11) is 3.58. The SMILES string of the molecule is CN(C)C(=O)c1ccc2c(c1)C1C=CCC1C(c1cccnc1)N2. The smallest absolute Gasteiger partial charge is 0.253 e. The molecule has 122 valence electrons. The first-order chi connectivity index (χ1) is 11.6. The third-order valence-corrected chi connectivity index (χ3v) is 5.06. The minimum atomic E-state index is 0.0470. The molecule has 1 amide bonds. The summed E-state index contributed by atoms with van der Waals surface area (Å²) in [6.45, 7) is 0. The first kappa shape index (κ1) is 14.9. The quantitative estimate of drug-likeness (QED) is 0.860. The summed E-state index contributed by atoms with van der Waals surface area (Å²) in [5.74, 6) is 0.860. The number of amides is 1. The van der Waals surface area contributed by atoms with Gasteiger partial charge in [0.15, 0.2) is 0 Å². The van der Waals surface area contributed by atoms with Gasteiger partial charge in [0.25, 0.3) is 5.91 Å². The van der Waals surface area contributed by atoms with Crippen molar-refractivity contribution in [3.63, 3.8) is 0 Å². The van der Waals surface area contributed by atoms with E-state index in [1.54, 1.807) is 19.0 Å². The first-order valence-corrected chi connectivity index (χ1v) is 8.34. The lowest BCUT2D eigenvalue weighted by Crippen LogP contribution is -2.30. The number of aromatic nitrogens is 1. The highest BCUT2D eigenvalue weighted by Crippen LogP contribution is 2.49. The van der Waals surface area contributed by atoms with Crippen LogP contribution in [0.15, 0.2) is 54.9 Å². The molecule has 0 spiro atoms. The van der Waals surface area contributed by atoms with Crippen molar-refractivity contribution in [2.24, 2.45) is 5.92 Å². The Bertz CT molecular complexity index is 798. The van der Waals surface area contributed by atoms with Crippen LogP contribution in [0.3, 0.4) is 0 Å². The zero-order valence-electron chi connectivity index (χ0n) is 13.9. The summed E-state index contributed by atoms with van der Waals surface area (Å²) >= 11 is 0. The van der Waals surface area contributed by atoms with Crippen LogP contribution >= 0.6 is 0 Å². The summed E-state index contributed by atoms with van der Waals surface area (Å²) in [4.78, 5) is 18.2. The second kappa shape index (κ2) is 5.78. The molecule has 1 aromatic carbocycles. The van der Waals surface area contributed by atoms with Gasteiger partial charge in [0.1, 0.15) is 0 Å². The fourth-order valence-corrected chi connectivity index (χ4v) is 3.88. The number of carbonyl (C=O) groups is 1. The predicted octanol–water partition coefficient (Wildman–Crippen LogP) is 3.61. The standard InChI is InChI=1S/C20H21N3O/c1-23(2)20(24)13-8-9-18-17(11-13)15-6-3-7-16(15)19(22-18)14-5-4-10-21-12-14/h3-6,8-12,15-16,19,22H,7H2,1-2H3. The maximum Gasteiger partial charge on any atom is 0.253 e. The van der Waals surface area contributed by atoms with Crippen LogP contribution < -0.4 is 5.32 Å². The molecule has 24 heavy (non-hydrogen) atoms. The van der Waals surface area contributed by atoms with Gasteiger partial charge in [-0.3, -0.25) is 9.78 Å². The number of rotatable bonds is 2. The van der Waals surface area contributed by atoms with Crippen LogP contribution in [0.4, 0.5) is 5.69 Å². The van der Waals surface area contributed by atoms with Crippen LogP contribution in [0, 0.1) is 5.92 Å². The van der Waals surface area contributed by atoms with Crippen LogP contribution in [0.1, 0.15) is 39.9 Å². The maximum atomic E-state index is 12.3. The average molecular weight is 319 g/mol. The van der Waals surface area contributed by atoms with Crippen molar-refractivity contribution in [1.29, 1.82) is 0 Å².